The first-order chi connectivity index (χ1) is 10.1. The lowest BCUT2D eigenvalue weighted by Gasteiger charge is -2.20. The number of hydrogen-bond donors (Lipinski definition) is 4. The van der Waals surface area contributed by atoms with E-state index in [9.17, 15) is 5.11 Å². The summed E-state index contributed by atoms with van der Waals surface area (Å²) in [5.74, 6) is 9.01. The van der Waals surface area contributed by atoms with E-state index >= 15 is 0 Å². The number of nitrogens with two attached hydrogens (primary N) is 1. The molecule has 5 N–H and O–H groups in total. The van der Waals surface area contributed by atoms with Gasteiger partial charge in [-0.15, -0.1) is 0 Å². The number of nitrogens with zero attached hydrogens (tertiary/aromatic N) is 2. The molecule has 0 amide bonds. The Bertz CT molecular complexity index is 477. The maximum absolute atomic E-state index is 9.41. The number of aliphatic hydroxyl groups excluding tert-OH is 1. The lowest BCUT2D eigenvalue weighted by atomic mass is 9.97. The molecule has 1 aromatic heterocycles. The zero-order valence-electron chi connectivity index (χ0n) is 13.2. The van der Waals surface area contributed by atoms with Crippen LogP contribution in [-0.2, 0) is 0 Å². The predicted octanol–water partition coefficient (Wildman–Crippen LogP) is 2.01. The van der Waals surface area contributed by atoms with Crippen LogP contribution in [-0.4, -0.2) is 28.2 Å². The van der Waals surface area contributed by atoms with Crippen molar-refractivity contribution in [3.05, 3.63) is 11.4 Å². The minimum absolute atomic E-state index is 0.245. The maximum Gasteiger partial charge on any atom is 0.148 e. The van der Waals surface area contributed by atoms with Crippen molar-refractivity contribution in [3.63, 3.8) is 0 Å². The van der Waals surface area contributed by atoms with E-state index in [1.165, 1.54) is 12.8 Å². The van der Waals surface area contributed by atoms with Crippen molar-refractivity contribution < 1.29 is 5.11 Å². The monoisotopic (exact) mass is 293 g/mol. The Balaban J connectivity index is 2.13. The maximum atomic E-state index is 9.41. The molecule has 0 aromatic carbocycles. The first kappa shape index (κ1) is 16.0. The molecule has 0 bridgehead atoms. The molecule has 1 saturated carbocycles. The molecule has 0 saturated heterocycles. The van der Waals surface area contributed by atoms with Gasteiger partial charge >= 0.3 is 0 Å². The summed E-state index contributed by atoms with van der Waals surface area (Å²) in [5.41, 5.74) is 3.58. The fourth-order valence-corrected chi connectivity index (χ4v) is 2.96. The topological polar surface area (TPSA) is 96.1 Å². The lowest BCUT2D eigenvalue weighted by Crippen LogP contribution is -2.22. The van der Waals surface area contributed by atoms with Gasteiger partial charge in [-0.2, -0.15) is 0 Å². The van der Waals surface area contributed by atoms with Gasteiger partial charge in [-0.3, -0.25) is 0 Å². The van der Waals surface area contributed by atoms with Gasteiger partial charge in [-0.25, -0.2) is 15.8 Å². The van der Waals surface area contributed by atoms with E-state index in [1.54, 1.807) is 0 Å². The highest BCUT2D eigenvalue weighted by atomic mass is 16.3. The van der Waals surface area contributed by atoms with Gasteiger partial charge in [-0.05, 0) is 31.6 Å². The fraction of sp³-hybridized carbons (Fsp3) is 0.733. The minimum Gasteiger partial charge on any atom is -0.396 e. The van der Waals surface area contributed by atoms with Gasteiger partial charge in [-0.1, -0.05) is 20.3 Å². The number of nitrogen functional groups attached to an aromatic ring is 1. The third kappa shape index (κ3) is 3.63. The second kappa shape index (κ2) is 7.04. The van der Waals surface area contributed by atoms with Crippen LogP contribution in [0.1, 0.15) is 50.4 Å². The number of hydrazine groups is 1. The van der Waals surface area contributed by atoms with Crippen LogP contribution in [0.15, 0.2) is 0 Å². The molecule has 1 aliphatic carbocycles. The molecule has 2 rings (SSSR count). The van der Waals surface area contributed by atoms with Crippen LogP contribution in [0, 0.1) is 18.8 Å². The Labute approximate surface area is 126 Å². The molecule has 1 aromatic rings. The summed E-state index contributed by atoms with van der Waals surface area (Å²) in [6, 6.07) is 0. The summed E-state index contributed by atoms with van der Waals surface area (Å²) in [7, 11) is 0. The average Bonchev–Trinajstić information content (AvgIpc) is 2.93. The first-order valence-electron chi connectivity index (χ1n) is 7.76. The number of aliphatic hydroxyl groups is 1. The number of anilines is 2. The van der Waals surface area contributed by atoms with Crippen molar-refractivity contribution in [2.45, 2.75) is 46.0 Å². The van der Waals surface area contributed by atoms with Gasteiger partial charge in [0, 0.05) is 24.6 Å². The van der Waals surface area contributed by atoms with E-state index in [4.69, 9.17) is 5.84 Å². The SMILES string of the molecule is Cc1c(NN)nc(C(C)C)nc1NCC1CCCC1CO. The van der Waals surface area contributed by atoms with Crippen LogP contribution < -0.4 is 16.6 Å². The number of aromatic nitrogens is 2. The van der Waals surface area contributed by atoms with Crippen LogP contribution in [0.25, 0.3) is 0 Å². The molecule has 2 atom stereocenters. The van der Waals surface area contributed by atoms with Crippen molar-refractivity contribution in [1.29, 1.82) is 0 Å². The van der Waals surface area contributed by atoms with Gasteiger partial charge in [0.05, 0.1) is 0 Å². The van der Waals surface area contributed by atoms with Crippen LogP contribution >= 0.6 is 0 Å². The highest BCUT2D eigenvalue weighted by Gasteiger charge is 2.26. The van der Waals surface area contributed by atoms with Gasteiger partial charge in [0.2, 0.25) is 0 Å². The van der Waals surface area contributed by atoms with E-state index in [2.05, 4.69) is 34.6 Å². The number of rotatable bonds is 6. The molecule has 2 unspecified atom stereocenters. The Morgan fingerprint density at radius 2 is 1.90 bits per heavy atom. The van der Waals surface area contributed by atoms with E-state index in [-0.39, 0.29) is 12.5 Å². The van der Waals surface area contributed by atoms with Crippen molar-refractivity contribution in [3.8, 4) is 0 Å². The summed E-state index contributed by atoms with van der Waals surface area (Å²) >= 11 is 0. The quantitative estimate of drug-likeness (QED) is 0.473. The molecule has 21 heavy (non-hydrogen) atoms. The minimum atomic E-state index is 0.245. The molecule has 1 fully saturated rings. The second-order valence-electron chi connectivity index (χ2n) is 6.22. The van der Waals surface area contributed by atoms with Crippen LogP contribution in [0.5, 0.6) is 0 Å². The third-order valence-corrected chi connectivity index (χ3v) is 4.40. The third-order valence-electron chi connectivity index (χ3n) is 4.40. The average molecular weight is 293 g/mol. The summed E-state index contributed by atoms with van der Waals surface area (Å²) in [5, 5.41) is 12.8. The number of hydrogen-bond acceptors (Lipinski definition) is 6. The fourth-order valence-electron chi connectivity index (χ4n) is 2.96. The van der Waals surface area contributed by atoms with Crippen molar-refractivity contribution >= 4 is 11.6 Å². The smallest absolute Gasteiger partial charge is 0.148 e. The Hall–Kier alpha value is -1.40. The molecule has 118 valence electrons. The van der Waals surface area contributed by atoms with Crippen LogP contribution in [0.3, 0.4) is 0 Å². The van der Waals surface area contributed by atoms with E-state index < -0.39 is 0 Å². The van der Waals surface area contributed by atoms with E-state index in [1.807, 2.05) is 6.92 Å². The molecule has 1 heterocycles. The molecular formula is C15H27N5O. The second-order valence-corrected chi connectivity index (χ2v) is 6.22. The Morgan fingerprint density at radius 3 is 2.52 bits per heavy atom. The standard InChI is InChI=1S/C15H27N5O/c1-9(2)13-18-14(10(3)15(19-13)20-16)17-7-11-5-4-6-12(11)8-21/h9,11-12,21H,4-8,16H2,1-3H3,(H2,17,18,19,20). The van der Waals surface area contributed by atoms with Gasteiger partial charge in [0.15, 0.2) is 0 Å². The molecule has 6 nitrogen and oxygen atoms in total. The molecule has 0 spiro atoms. The summed E-state index contributed by atoms with van der Waals surface area (Å²) in [6.45, 7) is 7.20. The molecular weight excluding hydrogens is 266 g/mol. The molecule has 0 aliphatic heterocycles. The first-order valence-corrected chi connectivity index (χ1v) is 7.76. The summed E-state index contributed by atoms with van der Waals surface area (Å²) < 4.78 is 0. The largest absolute Gasteiger partial charge is 0.396 e. The summed E-state index contributed by atoms with van der Waals surface area (Å²) in [4.78, 5) is 9.05. The summed E-state index contributed by atoms with van der Waals surface area (Å²) in [6.07, 6.45) is 3.49. The van der Waals surface area contributed by atoms with E-state index in [0.717, 1.165) is 30.2 Å². The highest BCUT2D eigenvalue weighted by molar-refractivity contribution is 5.56. The normalized spacial score (nSPS) is 21.8. The lowest BCUT2D eigenvalue weighted by molar-refractivity contribution is 0.199. The van der Waals surface area contributed by atoms with Crippen molar-refractivity contribution in [2.75, 3.05) is 23.9 Å². The zero-order chi connectivity index (χ0) is 15.4. The van der Waals surface area contributed by atoms with Crippen LogP contribution in [0.4, 0.5) is 11.6 Å². The van der Waals surface area contributed by atoms with Crippen LogP contribution in [0.2, 0.25) is 0 Å². The Kier molecular flexibility index (Phi) is 5.36. The zero-order valence-corrected chi connectivity index (χ0v) is 13.2. The number of nitrogens with one attached hydrogen (secondary N) is 2. The Morgan fingerprint density at radius 1 is 1.24 bits per heavy atom. The van der Waals surface area contributed by atoms with Gasteiger partial charge in [0.25, 0.3) is 0 Å². The van der Waals surface area contributed by atoms with Crippen molar-refractivity contribution in [2.24, 2.45) is 17.7 Å². The van der Waals surface area contributed by atoms with E-state index in [0.29, 0.717) is 17.7 Å². The predicted molar refractivity (Wildman–Crippen MR) is 85.1 cm³/mol. The molecule has 0 radical (unpaired) electrons. The van der Waals surface area contributed by atoms with Crippen molar-refractivity contribution in [1.82, 2.24) is 9.97 Å². The van der Waals surface area contributed by atoms with Gasteiger partial charge < -0.3 is 15.8 Å². The molecule has 6 heteroatoms. The van der Waals surface area contributed by atoms with Gasteiger partial charge in [0.1, 0.15) is 17.5 Å². The highest BCUT2D eigenvalue weighted by Crippen LogP contribution is 2.32. The molecule has 1 aliphatic rings.